The van der Waals surface area contributed by atoms with Crippen LogP contribution >= 0.6 is 0 Å². The van der Waals surface area contributed by atoms with Gasteiger partial charge in [-0.05, 0) is 70.4 Å². The van der Waals surface area contributed by atoms with Gasteiger partial charge in [0.1, 0.15) is 0 Å². The predicted molar refractivity (Wildman–Crippen MR) is 148 cm³/mol. The molecule has 0 bridgehead atoms. The molecule has 0 unspecified atom stereocenters. The molecule has 0 aliphatic carbocycles. The van der Waals surface area contributed by atoms with E-state index in [4.69, 9.17) is 8.92 Å². The molecule has 2 aliphatic heterocycles. The average Bonchev–Trinajstić information content (AvgIpc) is 3.38. The predicted octanol–water partition coefficient (Wildman–Crippen LogP) is 3.82. The largest absolute Gasteiger partial charge is 0.493 e. The number of rotatable bonds is 7. The van der Waals surface area contributed by atoms with Crippen molar-refractivity contribution >= 4 is 26.9 Å². The Labute approximate surface area is 223 Å². The summed E-state index contributed by atoms with van der Waals surface area (Å²) in [6.45, 7) is 9.92. The summed E-state index contributed by atoms with van der Waals surface area (Å²) < 4.78 is 34.4. The van der Waals surface area contributed by atoms with Crippen molar-refractivity contribution in [2.24, 2.45) is 0 Å². The van der Waals surface area contributed by atoms with E-state index < -0.39 is 10.1 Å². The maximum absolute atomic E-state index is 12.8. The first kappa shape index (κ1) is 26.5. The molecule has 9 nitrogen and oxygen atoms in total. The number of H-pyrrole nitrogens is 1. The van der Waals surface area contributed by atoms with Gasteiger partial charge in [-0.3, -0.25) is 4.79 Å². The van der Waals surface area contributed by atoms with Gasteiger partial charge in [0.2, 0.25) is 0 Å². The molecule has 38 heavy (non-hydrogen) atoms. The van der Waals surface area contributed by atoms with Gasteiger partial charge in [0, 0.05) is 57.9 Å². The number of hydrogen-bond donors (Lipinski definition) is 4. The number of carbonyl (C=O) groups excluding carboxylic acids is 1. The lowest BCUT2D eigenvalue weighted by Gasteiger charge is -2.46. The zero-order chi connectivity index (χ0) is 27.5. The molecule has 1 amide bonds. The van der Waals surface area contributed by atoms with Gasteiger partial charge >= 0.3 is 10.1 Å². The van der Waals surface area contributed by atoms with Crippen LogP contribution in [0.2, 0.25) is 0 Å². The summed E-state index contributed by atoms with van der Waals surface area (Å²) in [4.78, 5) is 16.2. The molecule has 1 saturated heterocycles. The molecule has 3 aromatic rings. The second-order valence-corrected chi connectivity index (χ2v) is 13.3. The van der Waals surface area contributed by atoms with Crippen LogP contribution in [0.4, 0.5) is 0 Å². The van der Waals surface area contributed by atoms with E-state index in [1.807, 2.05) is 12.1 Å². The van der Waals surface area contributed by atoms with Crippen LogP contribution in [0.25, 0.3) is 22.2 Å². The summed E-state index contributed by atoms with van der Waals surface area (Å²) in [6.07, 6.45) is 3.08. The van der Waals surface area contributed by atoms with Gasteiger partial charge in [0.15, 0.2) is 11.5 Å². The molecule has 0 atom stereocenters. The molecule has 10 heteroatoms. The SMILES string of the molecule is COc1cc(-c2cc3cc(CNC4CC(C)(C)NC(C)(C)C4)ccc3[nH]2)c2c(c1OS(C)(=O)=O)CNC2=O. The number of ether oxygens (including phenoxy) is 1. The molecule has 2 aromatic carbocycles. The molecule has 1 aromatic heterocycles. The number of amides is 1. The second-order valence-electron chi connectivity index (χ2n) is 11.8. The third-order valence-corrected chi connectivity index (χ3v) is 7.68. The number of aromatic nitrogens is 1. The summed E-state index contributed by atoms with van der Waals surface area (Å²) in [6, 6.07) is 10.4. The molecule has 5 rings (SSSR count). The molecular formula is C28H36N4O5S. The smallest absolute Gasteiger partial charge is 0.306 e. The van der Waals surface area contributed by atoms with E-state index in [1.165, 1.54) is 12.7 Å². The number of benzene rings is 2. The standard InChI is InChI=1S/C28H36N4O5S/c1-27(2)12-18(13-28(3,4)32-27)29-14-16-7-8-21-17(9-16)10-22(31-21)19-11-23(36-5)25(37-38(6,34)35)20-15-30-26(33)24(19)20/h7-11,18,29,31-32H,12-15H2,1-6H3,(H,30,33). The first-order valence-electron chi connectivity index (χ1n) is 12.8. The Morgan fingerprint density at radius 1 is 1.08 bits per heavy atom. The van der Waals surface area contributed by atoms with Gasteiger partial charge in [-0.25, -0.2) is 0 Å². The number of piperidine rings is 1. The Morgan fingerprint density at radius 2 is 1.79 bits per heavy atom. The van der Waals surface area contributed by atoms with Crippen LogP contribution in [-0.4, -0.2) is 49.8 Å². The Morgan fingerprint density at radius 3 is 2.45 bits per heavy atom. The van der Waals surface area contributed by atoms with Gasteiger partial charge in [0.05, 0.1) is 18.9 Å². The van der Waals surface area contributed by atoms with Crippen molar-refractivity contribution in [3.63, 3.8) is 0 Å². The van der Waals surface area contributed by atoms with Crippen molar-refractivity contribution < 1.29 is 22.1 Å². The summed E-state index contributed by atoms with van der Waals surface area (Å²) >= 11 is 0. The molecule has 0 radical (unpaired) electrons. The highest BCUT2D eigenvalue weighted by Gasteiger charge is 2.37. The molecule has 0 spiro atoms. The quantitative estimate of drug-likeness (QED) is 0.336. The summed E-state index contributed by atoms with van der Waals surface area (Å²) in [5.41, 5.74) is 4.49. The summed E-state index contributed by atoms with van der Waals surface area (Å²) in [5, 5.41) is 11.3. The van der Waals surface area contributed by atoms with Crippen LogP contribution in [0.1, 0.15) is 62.0 Å². The van der Waals surface area contributed by atoms with Crippen molar-refractivity contribution in [3.8, 4) is 22.8 Å². The highest BCUT2D eigenvalue weighted by atomic mass is 32.2. The Bertz CT molecular complexity index is 1510. The molecule has 2 aliphatic rings. The molecule has 4 N–H and O–H groups in total. The fourth-order valence-electron chi connectivity index (χ4n) is 6.15. The number of carbonyl (C=O) groups is 1. The number of methoxy groups -OCH3 is 1. The van der Waals surface area contributed by atoms with Crippen LogP contribution < -0.4 is 24.9 Å². The third-order valence-electron chi connectivity index (χ3n) is 7.21. The molecule has 0 saturated carbocycles. The third kappa shape index (κ3) is 5.39. The molecule has 1 fully saturated rings. The fourth-order valence-corrected chi connectivity index (χ4v) is 6.64. The van der Waals surface area contributed by atoms with E-state index in [2.05, 4.69) is 60.8 Å². The summed E-state index contributed by atoms with van der Waals surface area (Å²) in [7, 11) is -2.37. The maximum atomic E-state index is 12.8. The second kappa shape index (κ2) is 9.29. The summed E-state index contributed by atoms with van der Waals surface area (Å²) in [5.74, 6) is 0.00486. The Hall–Kier alpha value is -3.08. The molecule has 204 valence electrons. The highest BCUT2D eigenvalue weighted by Crippen LogP contribution is 2.43. The van der Waals surface area contributed by atoms with Crippen LogP contribution in [-0.2, 0) is 23.2 Å². The lowest BCUT2D eigenvalue weighted by atomic mass is 9.79. The van der Waals surface area contributed by atoms with Crippen LogP contribution in [0.5, 0.6) is 11.5 Å². The van der Waals surface area contributed by atoms with E-state index >= 15 is 0 Å². The van der Waals surface area contributed by atoms with E-state index in [0.29, 0.717) is 22.7 Å². The van der Waals surface area contributed by atoms with Gasteiger partial charge in [0.25, 0.3) is 5.91 Å². The van der Waals surface area contributed by atoms with Gasteiger partial charge in [-0.2, -0.15) is 8.42 Å². The van der Waals surface area contributed by atoms with Crippen LogP contribution in [0.15, 0.2) is 30.3 Å². The number of aromatic amines is 1. The zero-order valence-electron chi connectivity index (χ0n) is 22.7. The Balaban J connectivity index is 1.45. The van der Waals surface area contributed by atoms with Crippen LogP contribution in [0, 0.1) is 0 Å². The van der Waals surface area contributed by atoms with Crippen molar-refractivity contribution in [1.82, 2.24) is 20.9 Å². The van der Waals surface area contributed by atoms with E-state index in [9.17, 15) is 13.2 Å². The normalized spacial score (nSPS) is 18.8. The first-order chi connectivity index (χ1) is 17.7. The zero-order valence-corrected chi connectivity index (χ0v) is 23.6. The highest BCUT2D eigenvalue weighted by molar-refractivity contribution is 7.86. The van der Waals surface area contributed by atoms with Gasteiger partial charge in [-0.1, -0.05) is 6.07 Å². The topological polar surface area (TPSA) is 122 Å². The molecule has 3 heterocycles. The number of nitrogens with one attached hydrogen (secondary N) is 4. The minimum atomic E-state index is -3.81. The number of hydrogen-bond acceptors (Lipinski definition) is 7. The van der Waals surface area contributed by atoms with Crippen LogP contribution in [0.3, 0.4) is 0 Å². The van der Waals surface area contributed by atoms with E-state index in [0.717, 1.165) is 42.2 Å². The van der Waals surface area contributed by atoms with Crippen molar-refractivity contribution in [2.45, 2.75) is 70.7 Å². The maximum Gasteiger partial charge on any atom is 0.306 e. The van der Waals surface area contributed by atoms with Gasteiger partial charge in [-0.15, -0.1) is 0 Å². The van der Waals surface area contributed by atoms with Gasteiger partial charge < -0.3 is 29.9 Å². The average molecular weight is 541 g/mol. The minimum absolute atomic E-state index is 0.0424. The lowest BCUT2D eigenvalue weighted by Crippen LogP contribution is -2.61. The fraction of sp³-hybridized carbons (Fsp3) is 0.464. The first-order valence-corrected chi connectivity index (χ1v) is 14.6. The number of fused-ring (bicyclic) bond motifs is 2. The Kier molecular flexibility index (Phi) is 6.48. The van der Waals surface area contributed by atoms with E-state index in [-0.39, 0.29) is 35.0 Å². The monoisotopic (exact) mass is 540 g/mol. The van der Waals surface area contributed by atoms with Crippen molar-refractivity contribution in [2.75, 3.05) is 13.4 Å². The van der Waals surface area contributed by atoms with Crippen molar-refractivity contribution in [3.05, 3.63) is 47.0 Å². The van der Waals surface area contributed by atoms with Crippen molar-refractivity contribution in [1.29, 1.82) is 0 Å². The lowest BCUT2D eigenvalue weighted by molar-refractivity contribution is 0.0966. The minimum Gasteiger partial charge on any atom is -0.493 e. The van der Waals surface area contributed by atoms with E-state index in [1.54, 1.807) is 6.07 Å². The molecular weight excluding hydrogens is 504 g/mol.